The van der Waals surface area contributed by atoms with Crippen LogP contribution in [0.25, 0.3) is 33.8 Å². The van der Waals surface area contributed by atoms with Crippen LogP contribution in [0.3, 0.4) is 0 Å². The number of ether oxygens (including phenoxy) is 1. The smallest absolute Gasteiger partial charge is 0.762 e. The highest BCUT2D eigenvalue weighted by molar-refractivity contribution is 6.33. The Morgan fingerprint density at radius 1 is 0.629 bits per heavy atom. The number of halogens is 4. The molecule has 0 fully saturated rings. The van der Waals surface area contributed by atoms with Gasteiger partial charge in [-0.3, -0.25) is 12.9 Å². The highest BCUT2D eigenvalue weighted by atomic mass is 19.4. The maximum Gasteiger partial charge on any atom is 0.762 e. The topological polar surface area (TPSA) is 20.5 Å². The van der Waals surface area contributed by atoms with Crippen LogP contribution in [0.5, 0.6) is 5.75 Å². The van der Waals surface area contributed by atoms with Crippen LogP contribution in [0, 0.1) is 27.7 Å². The zero-order chi connectivity index (χ0) is 24.8. The molecule has 0 amide bonds. The molecule has 0 aliphatic carbocycles. The molecule has 0 saturated heterocycles. The normalized spacial score (nSPS) is 10.1. The molecule has 0 spiro atoms. The number of benzene rings is 3. The van der Waals surface area contributed by atoms with Gasteiger partial charge in [0.2, 0.25) is 0 Å². The molecule has 35 heavy (non-hydrogen) atoms. The van der Waals surface area contributed by atoms with Gasteiger partial charge in [-0.25, -0.2) is 4.42 Å². The van der Waals surface area contributed by atoms with Crippen molar-refractivity contribution in [3.8, 4) is 39.5 Å². The Balaban J connectivity index is 0.000000804. The summed E-state index contributed by atoms with van der Waals surface area (Å²) in [6, 6.07) is 25.2. The first-order valence-corrected chi connectivity index (χ1v) is 10.9. The summed E-state index contributed by atoms with van der Waals surface area (Å²) in [6.07, 6.45) is 0. The van der Waals surface area contributed by atoms with E-state index in [1.807, 2.05) is 24.3 Å². The fraction of sp³-hybridized carbons (Fsp3) is 0.179. The van der Waals surface area contributed by atoms with Gasteiger partial charge in [0.25, 0.3) is 0 Å². The summed E-state index contributed by atoms with van der Waals surface area (Å²) in [5, 5.41) is 0. The van der Waals surface area contributed by atoms with Crippen molar-refractivity contribution in [3.05, 3.63) is 95.1 Å². The van der Waals surface area contributed by atoms with E-state index in [0.717, 1.165) is 34.0 Å². The van der Waals surface area contributed by atoms with Gasteiger partial charge in [0.05, 0.1) is 30.4 Å². The van der Waals surface area contributed by atoms with E-state index in [4.69, 9.17) is 9.15 Å². The molecule has 1 heterocycles. The van der Waals surface area contributed by atoms with Crippen molar-refractivity contribution >= 4 is 7.54 Å². The molecule has 0 atom stereocenters. The average Bonchev–Trinajstić information content (AvgIpc) is 2.78. The van der Waals surface area contributed by atoms with E-state index >= 15 is 0 Å². The molecule has 1 aromatic heterocycles. The molecule has 0 bridgehead atoms. The molecule has 0 saturated carbocycles. The molecular formula is C28H27BF4O2. The van der Waals surface area contributed by atoms with Crippen molar-refractivity contribution in [1.82, 2.24) is 0 Å². The second kappa shape index (κ2) is 12.2. The number of rotatable bonds is 4. The van der Waals surface area contributed by atoms with E-state index in [-0.39, 0.29) is 4.70 Å². The van der Waals surface area contributed by atoms with Gasteiger partial charge in [-0.05, 0) is 80.8 Å². The lowest BCUT2D eigenvalue weighted by atomic mass is 9.93. The van der Waals surface area contributed by atoms with Crippen molar-refractivity contribution in [3.63, 3.8) is 0 Å². The van der Waals surface area contributed by atoms with Crippen LogP contribution in [-0.4, -0.2) is 14.7 Å². The van der Waals surface area contributed by atoms with Crippen LogP contribution >= 0.6 is 0 Å². The largest absolute Gasteiger partial charge is 1.00 e. The summed E-state index contributed by atoms with van der Waals surface area (Å²) in [4.78, 5) is 0. The van der Waals surface area contributed by atoms with E-state index in [1.54, 1.807) is 7.11 Å². The van der Waals surface area contributed by atoms with Gasteiger partial charge < -0.3 is 9.44 Å². The Labute approximate surface area is 204 Å². The van der Waals surface area contributed by atoms with Crippen LogP contribution in [0.15, 0.2) is 77.2 Å². The number of hydrogen-bond donors (Lipinski definition) is 0. The molecule has 0 radical (unpaired) electrons. The van der Waals surface area contributed by atoms with Crippen molar-refractivity contribution in [1.29, 1.82) is 0 Å². The highest BCUT2D eigenvalue weighted by Crippen LogP contribution is 2.36. The molecule has 7 heteroatoms. The van der Waals surface area contributed by atoms with Crippen LogP contribution in [0.4, 0.5) is 12.9 Å². The number of hydrogen-bond acceptors (Lipinski definition) is 1. The van der Waals surface area contributed by atoms with Crippen molar-refractivity contribution in [2.75, 3.05) is 7.11 Å². The van der Waals surface area contributed by atoms with Gasteiger partial charge in [0.1, 0.15) is 5.75 Å². The Morgan fingerprint density at radius 2 is 1.06 bits per heavy atom. The van der Waals surface area contributed by atoms with Gasteiger partial charge in [-0.2, -0.15) is 0 Å². The quantitative estimate of drug-likeness (QED) is 0.212. The molecule has 3 aromatic carbocycles. The Morgan fingerprint density at radius 3 is 1.49 bits per heavy atom. The first kappa shape index (κ1) is 27.6. The summed E-state index contributed by atoms with van der Waals surface area (Å²) in [6.45, 7) is 8.60. The predicted molar refractivity (Wildman–Crippen MR) is 134 cm³/mol. The lowest BCUT2D eigenvalue weighted by Gasteiger charge is -2.11. The molecule has 0 N–H and O–H groups in total. The Hall–Kier alpha value is -3.61. The third-order valence-corrected chi connectivity index (χ3v) is 5.47. The third-order valence-electron chi connectivity index (χ3n) is 5.47. The molecule has 2 nitrogen and oxygen atoms in total. The summed E-state index contributed by atoms with van der Waals surface area (Å²) in [5.74, 6) is 2.53. The first-order chi connectivity index (χ1) is 16.2. The van der Waals surface area contributed by atoms with Gasteiger partial charge in [0.15, 0.2) is 0 Å². The second-order valence-electron chi connectivity index (χ2n) is 8.19. The molecule has 0 aliphatic rings. The van der Waals surface area contributed by atoms with E-state index in [1.165, 1.54) is 27.8 Å². The van der Waals surface area contributed by atoms with Gasteiger partial charge in [-0.15, -0.1) is 0 Å². The summed E-state index contributed by atoms with van der Waals surface area (Å²) in [5.41, 5.74) is 9.58. The lowest BCUT2D eigenvalue weighted by Crippen LogP contribution is -3.00. The molecule has 182 valence electrons. The van der Waals surface area contributed by atoms with E-state index in [2.05, 4.69) is 76.2 Å². The summed E-state index contributed by atoms with van der Waals surface area (Å²) >= 11 is 0. The Kier molecular flexibility index (Phi) is 9.63. The molecular weight excluding hydrogens is 455 g/mol. The van der Waals surface area contributed by atoms with Crippen LogP contribution < -0.4 is 9.44 Å². The van der Waals surface area contributed by atoms with E-state index < -0.39 is 7.54 Å². The van der Waals surface area contributed by atoms with Crippen LogP contribution in [0.2, 0.25) is 0 Å². The molecule has 4 rings (SSSR count). The summed E-state index contributed by atoms with van der Waals surface area (Å²) < 4.78 is 40.7. The monoisotopic (exact) mass is 482 g/mol. The van der Waals surface area contributed by atoms with Gasteiger partial charge in [0, 0.05) is 5.56 Å². The zero-order valence-electron chi connectivity index (χ0n) is 20.3. The van der Waals surface area contributed by atoms with Crippen LogP contribution in [0.1, 0.15) is 22.3 Å². The minimum absolute atomic E-state index is 0. The number of methoxy groups -OCH3 is 1. The van der Waals surface area contributed by atoms with Crippen molar-refractivity contribution in [2.24, 2.45) is 0 Å². The number of aryl methyl sites for hydroxylation is 4. The van der Waals surface area contributed by atoms with Gasteiger partial charge >= 0.3 is 19.1 Å². The maximum absolute atomic E-state index is 9.67. The third kappa shape index (κ3) is 7.19. The predicted octanol–water partition coefficient (Wildman–Crippen LogP) is 5.69. The molecule has 0 unspecified atom stereocenters. The fourth-order valence-electron chi connectivity index (χ4n) is 4.04. The Bertz CT molecular complexity index is 1230. The average molecular weight is 482 g/mol. The van der Waals surface area contributed by atoms with Crippen molar-refractivity contribution in [2.45, 2.75) is 27.7 Å². The highest BCUT2D eigenvalue weighted by Gasteiger charge is 2.22. The molecule has 4 aromatic rings. The molecule has 0 aliphatic heterocycles. The minimum atomic E-state index is -3.67. The SMILES string of the molecule is COc1ccc(-c2cc(-c3c(C)cc(C)cc3C)cc(-c3ccc(C)cc3)[o+]2)cc1.FB(F)F.[F-]. The maximum atomic E-state index is 9.67. The zero-order valence-corrected chi connectivity index (χ0v) is 20.3. The summed E-state index contributed by atoms with van der Waals surface area (Å²) in [7, 11) is -1.99. The second-order valence-corrected chi connectivity index (χ2v) is 8.19. The van der Waals surface area contributed by atoms with Crippen molar-refractivity contribution < 1.29 is 26.8 Å². The van der Waals surface area contributed by atoms with E-state index in [9.17, 15) is 12.9 Å². The fourth-order valence-corrected chi connectivity index (χ4v) is 4.04. The standard InChI is InChI=1S/C28H27O2.BF3.FH/c1-18-6-8-22(9-7-18)26-16-24(28-20(3)14-19(2)15-21(28)4)17-27(30-26)23-10-12-25(29-5)13-11-23;2-1(3)4;/h6-17H,1-5H3;;1H/q+1;;/p-1. The lowest BCUT2D eigenvalue weighted by molar-refractivity contribution is -0.0000106. The van der Waals surface area contributed by atoms with E-state index in [0.29, 0.717) is 0 Å². The van der Waals surface area contributed by atoms with Gasteiger partial charge in [-0.1, -0.05) is 35.4 Å². The first-order valence-electron chi connectivity index (χ1n) is 10.9. The van der Waals surface area contributed by atoms with Crippen LogP contribution in [-0.2, 0) is 0 Å². The minimum Gasteiger partial charge on any atom is -1.00 e.